The van der Waals surface area contributed by atoms with Crippen LogP contribution in [0.2, 0.25) is 0 Å². The molecule has 196 valence electrons. The summed E-state index contributed by atoms with van der Waals surface area (Å²) in [5.74, 6) is -2.00. The molecule has 3 aromatic carbocycles. The molecule has 5 rings (SSSR count). The zero-order valence-corrected chi connectivity index (χ0v) is 22.0. The lowest BCUT2D eigenvalue weighted by atomic mass is 9.82. The lowest BCUT2D eigenvalue weighted by Gasteiger charge is -2.32. The number of hydrogen-bond donors (Lipinski definition) is 2. The van der Waals surface area contributed by atoms with Crippen molar-refractivity contribution in [2.24, 2.45) is 5.73 Å². The molecule has 0 aromatic heterocycles. The third-order valence-corrected chi connectivity index (χ3v) is 7.94. The van der Waals surface area contributed by atoms with Gasteiger partial charge in [-0.3, -0.25) is 19.3 Å². The number of fused-ring (bicyclic) bond motifs is 2. The molecule has 2 amide bonds. The Hall–Kier alpha value is -4.75. The number of benzene rings is 3. The zero-order valence-electron chi connectivity index (χ0n) is 21.1. The molecule has 10 heteroatoms. The number of esters is 1. The van der Waals surface area contributed by atoms with Crippen molar-refractivity contribution in [1.29, 1.82) is 5.26 Å². The van der Waals surface area contributed by atoms with Crippen molar-refractivity contribution in [3.63, 3.8) is 0 Å². The van der Waals surface area contributed by atoms with Gasteiger partial charge in [-0.1, -0.05) is 54.2 Å². The number of anilines is 1. The summed E-state index contributed by atoms with van der Waals surface area (Å²) in [7, 11) is 2.76. The van der Waals surface area contributed by atoms with E-state index in [2.05, 4.69) is 11.4 Å². The molecule has 2 heterocycles. The van der Waals surface area contributed by atoms with Crippen LogP contribution in [-0.4, -0.2) is 42.2 Å². The van der Waals surface area contributed by atoms with Crippen LogP contribution in [-0.2, 0) is 19.1 Å². The number of nitrogens with zero attached hydrogens (tertiary/aromatic N) is 2. The molecular weight excluding hydrogens is 516 g/mol. The first-order valence-corrected chi connectivity index (χ1v) is 12.9. The molecule has 2 aliphatic heterocycles. The summed E-state index contributed by atoms with van der Waals surface area (Å²) in [4.78, 5) is 40.6. The van der Waals surface area contributed by atoms with Gasteiger partial charge < -0.3 is 20.5 Å². The number of rotatable bonds is 6. The molecule has 0 unspecified atom stereocenters. The number of allylic oxidation sites excluding steroid dienone is 1. The van der Waals surface area contributed by atoms with Gasteiger partial charge in [-0.25, -0.2) is 0 Å². The largest absolute Gasteiger partial charge is 0.497 e. The fourth-order valence-corrected chi connectivity index (χ4v) is 6.09. The minimum atomic E-state index is -0.881. The fraction of sp³-hybridized carbons (Fsp3) is 0.172. The second-order valence-electron chi connectivity index (χ2n) is 8.92. The van der Waals surface area contributed by atoms with Crippen LogP contribution in [0.4, 0.5) is 5.69 Å². The summed E-state index contributed by atoms with van der Waals surface area (Å²) in [6.45, 7) is 0. The molecular formula is C29H24N4O5S. The van der Waals surface area contributed by atoms with Gasteiger partial charge in [0.15, 0.2) is 0 Å². The summed E-state index contributed by atoms with van der Waals surface area (Å²) in [5, 5.41) is 14.5. The van der Waals surface area contributed by atoms with E-state index in [0.29, 0.717) is 17.0 Å². The Balaban J connectivity index is 1.65. The average Bonchev–Trinajstić information content (AvgIpc) is 3.27. The second kappa shape index (κ2) is 10.6. The quantitative estimate of drug-likeness (QED) is 0.448. The number of carbonyl (C=O) groups is 3. The van der Waals surface area contributed by atoms with Gasteiger partial charge in [-0.05, 0) is 40.6 Å². The van der Waals surface area contributed by atoms with Crippen molar-refractivity contribution in [3.05, 3.63) is 94.3 Å². The van der Waals surface area contributed by atoms with Crippen LogP contribution >= 0.6 is 11.8 Å². The minimum absolute atomic E-state index is 0.0448. The van der Waals surface area contributed by atoms with E-state index in [1.54, 1.807) is 30.3 Å². The molecule has 0 saturated carbocycles. The van der Waals surface area contributed by atoms with Gasteiger partial charge in [0.1, 0.15) is 16.8 Å². The first-order chi connectivity index (χ1) is 18.9. The first kappa shape index (κ1) is 25.9. The summed E-state index contributed by atoms with van der Waals surface area (Å²) < 4.78 is 10.1. The number of nitriles is 1. The molecule has 0 radical (unpaired) electrons. The zero-order chi connectivity index (χ0) is 27.7. The predicted molar refractivity (Wildman–Crippen MR) is 147 cm³/mol. The Labute approximate surface area is 228 Å². The van der Waals surface area contributed by atoms with Crippen molar-refractivity contribution in [1.82, 2.24) is 4.90 Å². The fourth-order valence-electron chi connectivity index (χ4n) is 4.76. The maximum Gasteiger partial charge on any atom is 0.307 e. The molecule has 0 bridgehead atoms. The highest BCUT2D eigenvalue weighted by molar-refractivity contribution is 8.04. The molecule has 9 nitrogen and oxygen atoms in total. The number of carbonyl (C=O) groups excluding carboxylic acids is 3. The van der Waals surface area contributed by atoms with Crippen LogP contribution < -0.4 is 15.8 Å². The van der Waals surface area contributed by atoms with E-state index >= 15 is 0 Å². The highest BCUT2D eigenvalue weighted by Crippen LogP contribution is 2.50. The molecule has 1 fully saturated rings. The smallest absolute Gasteiger partial charge is 0.307 e. The van der Waals surface area contributed by atoms with Crippen molar-refractivity contribution in [2.45, 2.75) is 17.6 Å². The van der Waals surface area contributed by atoms with Crippen LogP contribution in [0.25, 0.3) is 10.8 Å². The van der Waals surface area contributed by atoms with E-state index in [-0.39, 0.29) is 28.4 Å². The summed E-state index contributed by atoms with van der Waals surface area (Å²) >= 11 is 1.06. The number of hydrogen-bond acceptors (Lipinski definition) is 8. The van der Waals surface area contributed by atoms with Gasteiger partial charge >= 0.3 is 5.97 Å². The van der Waals surface area contributed by atoms with Crippen LogP contribution in [0, 0.1) is 11.3 Å². The second-order valence-corrected chi connectivity index (χ2v) is 10.1. The Morgan fingerprint density at radius 2 is 1.85 bits per heavy atom. The first-order valence-electron chi connectivity index (χ1n) is 12.0. The number of thioether (sulfide) groups is 1. The van der Waals surface area contributed by atoms with Gasteiger partial charge in [0.05, 0.1) is 48.8 Å². The standard InChI is InChI=1S/C29H24N4O5S/c1-37-20-9-5-8-18(13-20)24-21(15-30)26(31)33-28(36)22(14-23(34)38-2)39-29(33)25(24)27(35)32-19-11-10-16-6-3-4-7-17(16)12-19/h3-13,22,24H,14,31H2,1-2H3,(H,32,35)/t22-,24-/m1/s1. The van der Waals surface area contributed by atoms with Crippen LogP contribution in [0.3, 0.4) is 0 Å². The van der Waals surface area contributed by atoms with E-state index in [9.17, 15) is 19.6 Å². The molecule has 1 saturated heterocycles. The Morgan fingerprint density at radius 1 is 1.08 bits per heavy atom. The Bertz CT molecular complexity index is 1620. The van der Waals surface area contributed by atoms with Gasteiger partial charge in [-0.15, -0.1) is 0 Å². The Morgan fingerprint density at radius 3 is 2.56 bits per heavy atom. The number of nitrogens with one attached hydrogen (secondary N) is 1. The van der Waals surface area contributed by atoms with E-state index in [1.165, 1.54) is 19.1 Å². The van der Waals surface area contributed by atoms with Crippen molar-refractivity contribution < 1.29 is 23.9 Å². The van der Waals surface area contributed by atoms with Crippen molar-refractivity contribution in [3.8, 4) is 11.8 Å². The summed E-state index contributed by atoms with van der Waals surface area (Å²) in [5.41, 5.74) is 7.76. The van der Waals surface area contributed by atoms with Gasteiger partial charge in [0.2, 0.25) is 5.91 Å². The maximum absolute atomic E-state index is 14.0. The third kappa shape index (κ3) is 4.69. The van der Waals surface area contributed by atoms with Crippen molar-refractivity contribution >= 4 is 46.0 Å². The van der Waals surface area contributed by atoms with E-state index in [4.69, 9.17) is 15.2 Å². The van der Waals surface area contributed by atoms with Crippen LogP contribution in [0.1, 0.15) is 17.9 Å². The normalized spacial score (nSPS) is 18.6. The SMILES string of the molecule is COC(=O)C[C@H]1SC2=C(C(=O)Nc3ccc4ccccc4c3)[C@H](c3cccc(OC)c3)C(C#N)=C(N)N2C1=O. The summed E-state index contributed by atoms with van der Waals surface area (Å²) in [6, 6.07) is 22.4. The number of methoxy groups -OCH3 is 2. The van der Waals surface area contributed by atoms with Crippen molar-refractivity contribution in [2.75, 3.05) is 19.5 Å². The number of amides is 2. The lowest BCUT2D eigenvalue weighted by molar-refractivity contribution is -0.142. The maximum atomic E-state index is 14.0. The van der Waals surface area contributed by atoms with Gasteiger partial charge in [-0.2, -0.15) is 5.26 Å². The molecule has 2 atom stereocenters. The summed E-state index contributed by atoms with van der Waals surface area (Å²) in [6.07, 6.45) is -0.210. The molecule has 39 heavy (non-hydrogen) atoms. The minimum Gasteiger partial charge on any atom is -0.497 e. The molecule has 3 aromatic rings. The Kier molecular flexibility index (Phi) is 7.00. The monoisotopic (exact) mass is 540 g/mol. The highest BCUT2D eigenvalue weighted by Gasteiger charge is 2.48. The van der Waals surface area contributed by atoms with E-state index in [1.807, 2.05) is 36.4 Å². The lowest BCUT2D eigenvalue weighted by Crippen LogP contribution is -2.39. The molecule has 2 aliphatic rings. The van der Waals surface area contributed by atoms with Crippen LogP contribution in [0.5, 0.6) is 5.75 Å². The predicted octanol–water partition coefficient (Wildman–Crippen LogP) is 4.00. The van der Waals surface area contributed by atoms with E-state index < -0.39 is 29.0 Å². The van der Waals surface area contributed by atoms with Gasteiger partial charge in [0, 0.05) is 5.69 Å². The highest BCUT2D eigenvalue weighted by atomic mass is 32.2. The van der Waals surface area contributed by atoms with Crippen LogP contribution in [0.15, 0.2) is 88.7 Å². The van der Waals surface area contributed by atoms with Gasteiger partial charge in [0.25, 0.3) is 5.91 Å². The van der Waals surface area contributed by atoms with E-state index in [0.717, 1.165) is 22.5 Å². The average molecular weight is 541 g/mol. The number of ether oxygens (including phenoxy) is 2. The molecule has 3 N–H and O–H groups in total. The third-order valence-electron chi connectivity index (χ3n) is 6.66. The molecule has 0 aliphatic carbocycles. The molecule has 0 spiro atoms. The topological polar surface area (TPSA) is 135 Å². The number of nitrogens with two attached hydrogens (primary N) is 1.